The Morgan fingerprint density at radius 3 is 3.06 bits per heavy atom. The average molecular weight is 283 g/mol. The minimum atomic E-state index is 0.481. The molecule has 3 heteroatoms. The second-order valence-electron chi connectivity index (χ2n) is 4.77. The quantitative estimate of drug-likeness (QED) is 0.886. The highest BCUT2D eigenvalue weighted by molar-refractivity contribution is 9.10. The number of hydrogen-bond acceptors (Lipinski definition) is 2. The van der Waals surface area contributed by atoms with E-state index in [-0.39, 0.29) is 0 Å². The van der Waals surface area contributed by atoms with Crippen LogP contribution in [0.4, 0.5) is 5.69 Å². The molecule has 0 bridgehead atoms. The predicted octanol–water partition coefficient (Wildman–Crippen LogP) is 3.55. The first-order valence-corrected chi connectivity index (χ1v) is 6.73. The highest BCUT2D eigenvalue weighted by atomic mass is 79.9. The zero-order chi connectivity index (χ0) is 11.5. The van der Waals surface area contributed by atoms with Crippen LogP contribution in [-0.4, -0.2) is 13.1 Å². The molecule has 0 spiro atoms. The van der Waals surface area contributed by atoms with Gasteiger partial charge in [-0.1, -0.05) is 35.8 Å². The van der Waals surface area contributed by atoms with Gasteiger partial charge < -0.3 is 10.6 Å². The van der Waals surface area contributed by atoms with Crippen LogP contribution in [0.15, 0.2) is 22.7 Å². The van der Waals surface area contributed by atoms with Crippen molar-refractivity contribution in [2.45, 2.75) is 26.3 Å². The average Bonchev–Trinajstić information content (AvgIpc) is 2.26. The van der Waals surface area contributed by atoms with Crippen LogP contribution < -0.4 is 10.6 Å². The smallest absolute Gasteiger partial charge is 0.0400 e. The van der Waals surface area contributed by atoms with Crippen LogP contribution in [0.1, 0.15) is 31.9 Å². The molecule has 0 aliphatic carbocycles. The number of anilines is 1. The fourth-order valence-electron chi connectivity index (χ4n) is 2.12. The van der Waals surface area contributed by atoms with E-state index in [2.05, 4.69) is 58.6 Å². The highest BCUT2D eigenvalue weighted by Gasteiger charge is 2.21. The van der Waals surface area contributed by atoms with Crippen molar-refractivity contribution < 1.29 is 0 Å². The molecule has 0 amide bonds. The molecule has 16 heavy (non-hydrogen) atoms. The molecule has 1 aromatic rings. The number of nitrogens with one attached hydrogen (secondary N) is 2. The molecule has 88 valence electrons. The Bertz CT molecular complexity index is 363. The minimum absolute atomic E-state index is 0.481. The Kier molecular flexibility index (Phi) is 3.87. The van der Waals surface area contributed by atoms with Gasteiger partial charge in [-0.2, -0.15) is 0 Å². The lowest BCUT2D eigenvalue weighted by atomic mass is 9.97. The molecule has 1 heterocycles. The third kappa shape index (κ3) is 2.58. The number of hydrogen-bond donors (Lipinski definition) is 2. The van der Waals surface area contributed by atoms with E-state index in [0.29, 0.717) is 12.0 Å². The summed E-state index contributed by atoms with van der Waals surface area (Å²) in [6.07, 6.45) is 1.16. The van der Waals surface area contributed by atoms with E-state index in [1.54, 1.807) is 0 Å². The van der Waals surface area contributed by atoms with Crippen molar-refractivity contribution in [1.29, 1.82) is 0 Å². The molecule has 1 aliphatic heterocycles. The highest BCUT2D eigenvalue weighted by Crippen LogP contribution is 2.35. The molecule has 2 rings (SSSR count). The third-order valence-electron chi connectivity index (χ3n) is 2.92. The maximum absolute atomic E-state index is 3.65. The van der Waals surface area contributed by atoms with Crippen molar-refractivity contribution in [3.8, 4) is 0 Å². The van der Waals surface area contributed by atoms with Crippen LogP contribution >= 0.6 is 15.9 Å². The third-order valence-corrected chi connectivity index (χ3v) is 3.61. The number of fused-ring (bicyclic) bond motifs is 1. The summed E-state index contributed by atoms with van der Waals surface area (Å²) in [5.74, 6) is 0.695. The van der Waals surface area contributed by atoms with Gasteiger partial charge in [0.2, 0.25) is 0 Å². The standard InChI is InChI=1S/C13H19BrN2/c1-9(2)8-16-12-6-7-15-11-5-3-4-10(14)13(11)12/h3-5,9,12,15-16H,6-8H2,1-2H3. The van der Waals surface area contributed by atoms with E-state index in [4.69, 9.17) is 0 Å². The minimum Gasteiger partial charge on any atom is -0.385 e. The van der Waals surface area contributed by atoms with Gasteiger partial charge in [-0.3, -0.25) is 0 Å². The molecule has 0 saturated heterocycles. The van der Waals surface area contributed by atoms with E-state index in [0.717, 1.165) is 19.5 Å². The second kappa shape index (κ2) is 5.19. The van der Waals surface area contributed by atoms with Gasteiger partial charge in [0.05, 0.1) is 0 Å². The van der Waals surface area contributed by atoms with Gasteiger partial charge in [0.25, 0.3) is 0 Å². The van der Waals surface area contributed by atoms with E-state index < -0.39 is 0 Å². The fourth-order valence-corrected chi connectivity index (χ4v) is 2.77. The topological polar surface area (TPSA) is 24.1 Å². The lowest BCUT2D eigenvalue weighted by Gasteiger charge is -2.29. The van der Waals surface area contributed by atoms with Gasteiger partial charge in [-0.15, -0.1) is 0 Å². The SMILES string of the molecule is CC(C)CNC1CCNc2cccc(Br)c21. The maximum Gasteiger partial charge on any atom is 0.0400 e. The first-order valence-electron chi connectivity index (χ1n) is 5.94. The Morgan fingerprint density at radius 2 is 2.31 bits per heavy atom. The van der Waals surface area contributed by atoms with Crippen LogP contribution in [0.25, 0.3) is 0 Å². The van der Waals surface area contributed by atoms with E-state index in [9.17, 15) is 0 Å². The Labute approximate surface area is 106 Å². The lowest BCUT2D eigenvalue weighted by Crippen LogP contribution is -2.31. The van der Waals surface area contributed by atoms with Gasteiger partial charge in [-0.25, -0.2) is 0 Å². The Morgan fingerprint density at radius 1 is 1.50 bits per heavy atom. The molecule has 2 N–H and O–H groups in total. The molecule has 0 radical (unpaired) electrons. The predicted molar refractivity (Wildman–Crippen MR) is 72.8 cm³/mol. The van der Waals surface area contributed by atoms with E-state index in [1.165, 1.54) is 15.7 Å². The van der Waals surface area contributed by atoms with Crippen LogP contribution in [0, 0.1) is 5.92 Å². The van der Waals surface area contributed by atoms with Crippen molar-refractivity contribution in [3.63, 3.8) is 0 Å². The van der Waals surface area contributed by atoms with Crippen molar-refractivity contribution in [3.05, 3.63) is 28.2 Å². The largest absolute Gasteiger partial charge is 0.385 e. The van der Waals surface area contributed by atoms with Crippen molar-refractivity contribution in [2.24, 2.45) is 5.92 Å². The normalized spacial score (nSPS) is 19.4. The first-order chi connectivity index (χ1) is 7.68. The summed E-state index contributed by atoms with van der Waals surface area (Å²) in [6.45, 7) is 6.62. The summed E-state index contributed by atoms with van der Waals surface area (Å²) in [5.41, 5.74) is 2.65. The van der Waals surface area contributed by atoms with Crippen molar-refractivity contribution >= 4 is 21.6 Å². The Hall–Kier alpha value is -0.540. The molecule has 2 nitrogen and oxygen atoms in total. The molecule has 0 saturated carbocycles. The molecule has 0 aromatic heterocycles. The molecule has 0 fully saturated rings. The van der Waals surface area contributed by atoms with Crippen molar-refractivity contribution in [2.75, 3.05) is 18.4 Å². The summed E-state index contributed by atoms with van der Waals surface area (Å²) in [7, 11) is 0. The molecule has 1 atom stereocenters. The first kappa shape index (κ1) is 11.9. The van der Waals surface area contributed by atoms with E-state index in [1.807, 2.05) is 0 Å². The molecular formula is C13H19BrN2. The van der Waals surface area contributed by atoms with Gasteiger partial charge in [0.15, 0.2) is 0 Å². The molecule has 1 aromatic carbocycles. The number of halogens is 1. The van der Waals surface area contributed by atoms with E-state index >= 15 is 0 Å². The Balaban J connectivity index is 2.18. The number of rotatable bonds is 3. The molecule has 1 aliphatic rings. The summed E-state index contributed by atoms with van der Waals surface area (Å²) < 4.78 is 1.21. The summed E-state index contributed by atoms with van der Waals surface area (Å²) in [5, 5.41) is 7.10. The van der Waals surface area contributed by atoms with Crippen LogP contribution in [-0.2, 0) is 0 Å². The van der Waals surface area contributed by atoms with Gasteiger partial charge in [0.1, 0.15) is 0 Å². The maximum atomic E-state index is 3.65. The number of benzene rings is 1. The zero-order valence-electron chi connectivity index (χ0n) is 9.89. The fraction of sp³-hybridized carbons (Fsp3) is 0.538. The van der Waals surface area contributed by atoms with Crippen LogP contribution in [0.3, 0.4) is 0 Å². The van der Waals surface area contributed by atoms with Crippen LogP contribution in [0.5, 0.6) is 0 Å². The zero-order valence-corrected chi connectivity index (χ0v) is 11.5. The monoisotopic (exact) mass is 282 g/mol. The van der Waals surface area contributed by atoms with Crippen molar-refractivity contribution in [1.82, 2.24) is 5.32 Å². The summed E-state index contributed by atoms with van der Waals surface area (Å²) in [6, 6.07) is 6.84. The molecule has 1 unspecified atom stereocenters. The van der Waals surface area contributed by atoms with Gasteiger partial charge in [-0.05, 0) is 31.0 Å². The second-order valence-corrected chi connectivity index (χ2v) is 5.63. The summed E-state index contributed by atoms with van der Waals surface area (Å²) >= 11 is 3.65. The van der Waals surface area contributed by atoms with Crippen LogP contribution in [0.2, 0.25) is 0 Å². The molecular weight excluding hydrogens is 264 g/mol. The summed E-state index contributed by atoms with van der Waals surface area (Å²) in [4.78, 5) is 0. The van der Waals surface area contributed by atoms with Gasteiger partial charge >= 0.3 is 0 Å². The van der Waals surface area contributed by atoms with Gasteiger partial charge in [0, 0.05) is 28.3 Å². The lowest BCUT2D eigenvalue weighted by molar-refractivity contribution is 0.452.